The first-order chi connectivity index (χ1) is 10.7. The molecule has 1 aliphatic heterocycles. The van der Waals surface area contributed by atoms with Gasteiger partial charge in [0.2, 0.25) is 0 Å². The van der Waals surface area contributed by atoms with Crippen molar-refractivity contribution in [3.63, 3.8) is 0 Å². The van der Waals surface area contributed by atoms with E-state index < -0.39 is 0 Å². The summed E-state index contributed by atoms with van der Waals surface area (Å²) in [4.78, 5) is 18.7. The zero-order valence-electron chi connectivity index (χ0n) is 12.6. The fourth-order valence-electron chi connectivity index (χ4n) is 2.88. The van der Waals surface area contributed by atoms with Gasteiger partial charge in [-0.25, -0.2) is 4.98 Å². The third-order valence-electron chi connectivity index (χ3n) is 4.10. The number of pyridine rings is 1. The summed E-state index contributed by atoms with van der Waals surface area (Å²) in [6, 6.07) is 9.85. The van der Waals surface area contributed by atoms with Gasteiger partial charge in [-0.1, -0.05) is 23.7 Å². The molecular weight excluding hydrogens is 300 g/mol. The molecular formula is C17H19ClN2O2. The largest absolute Gasteiger partial charge is 0.466 e. The Balaban J connectivity index is 1.74. The number of para-hydroxylation sites is 1. The van der Waals surface area contributed by atoms with Crippen LogP contribution in [0.2, 0.25) is 5.02 Å². The Bertz CT molecular complexity index is 681. The predicted molar refractivity (Wildman–Crippen MR) is 88.3 cm³/mol. The topological polar surface area (TPSA) is 42.4 Å². The van der Waals surface area contributed by atoms with Crippen molar-refractivity contribution in [3.05, 3.63) is 35.4 Å². The van der Waals surface area contributed by atoms with Crippen molar-refractivity contribution in [3.8, 4) is 0 Å². The number of hydrogen-bond acceptors (Lipinski definition) is 4. The minimum Gasteiger partial charge on any atom is -0.466 e. The first kappa shape index (κ1) is 15.1. The van der Waals surface area contributed by atoms with Crippen molar-refractivity contribution in [2.24, 2.45) is 5.92 Å². The molecule has 1 saturated heterocycles. The third-order valence-corrected chi connectivity index (χ3v) is 4.40. The molecule has 1 aromatic heterocycles. The molecule has 0 aliphatic carbocycles. The summed E-state index contributed by atoms with van der Waals surface area (Å²) in [7, 11) is 0. The first-order valence-electron chi connectivity index (χ1n) is 7.66. The van der Waals surface area contributed by atoms with Crippen LogP contribution in [0, 0.1) is 5.92 Å². The molecule has 3 rings (SSSR count). The summed E-state index contributed by atoms with van der Waals surface area (Å²) in [5.74, 6) is 0.861. The Hall–Kier alpha value is -1.81. The molecule has 0 unspecified atom stereocenters. The molecule has 4 nitrogen and oxygen atoms in total. The van der Waals surface area contributed by atoms with Crippen LogP contribution in [0.5, 0.6) is 0 Å². The van der Waals surface area contributed by atoms with E-state index in [0.29, 0.717) is 11.6 Å². The SMILES string of the molecule is CCOC(=O)C1CCN(c2ccc3cccc(Cl)c3n2)CC1. The lowest BCUT2D eigenvalue weighted by Gasteiger charge is -2.31. The molecule has 2 heterocycles. The monoisotopic (exact) mass is 318 g/mol. The van der Waals surface area contributed by atoms with E-state index >= 15 is 0 Å². The van der Waals surface area contributed by atoms with Crippen molar-refractivity contribution in [2.75, 3.05) is 24.6 Å². The molecule has 1 fully saturated rings. The second-order valence-corrected chi connectivity index (χ2v) is 5.90. The van der Waals surface area contributed by atoms with E-state index in [4.69, 9.17) is 16.3 Å². The Morgan fingerprint density at radius 2 is 2.09 bits per heavy atom. The summed E-state index contributed by atoms with van der Waals surface area (Å²) < 4.78 is 5.11. The lowest BCUT2D eigenvalue weighted by Crippen LogP contribution is -2.37. The van der Waals surface area contributed by atoms with Gasteiger partial charge in [0.1, 0.15) is 5.82 Å². The second kappa shape index (κ2) is 6.53. The molecule has 5 heteroatoms. The molecule has 0 saturated carbocycles. The number of carbonyl (C=O) groups is 1. The summed E-state index contributed by atoms with van der Waals surface area (Å²) in [6.45, 7) is 3.92. The van der Waals surface area contributed by atoms with E-state index in [1.807, 2.05) is 37.3 Å². The summed E-state index contributed by atoms with van der Waals surface area (Å²) in [5, 5.41) is 1.71. The van der Waals surface area contributed by atoms with E-state index in [9.17, 15) is 4.79 Å². The van der Waals surface area contributed by atoms with Gasteiger partial charge in [-0.05, 0) is 38.0 Å². The predicted octanol–water partition coefficient (Wildman–Crippen LogP) is 3.67. The summed E-state index contributed by atoms with van der Waals surface area (Å²) >= 11 is 6.23. The van der Waals surface area contributed by atoms with Crippen molar-refractivity contribution in [2.45, 2.75) is 19.8 Å². The Kier molecular flexibility index (Phi) is 4.48. The van der Waals surface area contributed by atoms with Gasteiger partial charge in [-0.2, -0.15) is 0 Å². The van der Waals surface area contributed by atoms with E-state index in [2.05, 4.69) is 9.88 Å². The zero-order valence-corrected chi connectivity index (χ0v) is 13.3. The fourth-order valence-corrected chi connectivity index (χ4v) is 3.11. The minimum absolute atomic E-state index is 0.0141. The van der Waals surface area contributed by atoms with Gasteiger partial charge in [0, 0.05) is 18.5 Å². The average Bonchev–Trinajstić information content (AvgIpc) is 2.55. The summed E-state index contributed by atoms with van der Waals surface area (Å²) in [5.41, 5.74) is 0.828. The number of carbonyl (C=O) groups excluding carboxylic acids is 1. The lowest BCUT2D eigenvalue weighted by atomic mass is 9.97. The Morgan fingerprint density at radius 3 is 2.82 bits per heavy atom. The maximum atomic E-state index is 11.8. The molecule has 0 bridgehead atoms. The number of benzene rings is 1. The highest BCUT2D eigenvalue weighted by molar-refractivity contribution is 6.35. The number of nitrogens with zero attached hydrogens (tertiary/aromatic N) is 2. The number of anilines is 1. The molecule has 1 aromatic carbocycles. The van der Waals surface area contributed by atoms with Crippen LogP contribution in [-0.4, -0.2) is 30.6 Å². The van der Waals surface area contributed by atoms with Crippen molar-refractivity contribution < 1.29 is 9.53 Å². The van der Waals surface area contributed by atoms with Crippen LogP contribution in [0.1, 0.15) is 19.8 Å². The quantitative estimate of drug-likeness (QED) is 0.810. The van der Waals surface area contributed by atoms with Crippen molar-refractivity contribution >= 4 is 34.3 Å². The number of ether oxygens (including phenoxy) is 1. The maximum Gasteiger partial charge on any atom is 0.309 e. The number of fused-ring (bicyclic) bond motifs is 1. The standard InChI is InChI=1S/C17H19ClN2O2/c1-2-22-17(21)13-8-10-20(11-9-13)15-7-6-12-4-3-5-14(18)16(12)19-15/h3-7,13H,2,8-11H2,1H3. The van der Waals surface area contributed by atoms with Gasteiger partial charge in [0.25, 0.3) is 0 Å². The first-order valence-corrected chi connectivity index (χ1v) is 8.03. The van der Waals surface area contributed by atoms with Gasteiger partial charge in [0.05, 0.1) is 23.1 Å². The zero-order chi connectivity index (χ0) is 15.5. The summed E-state index contributed by atoms with van der Waals surface area (Å²) in [6.07, 6.45) is 1.61. The van der Waals surface area contributed by atoms with Crippen LogP contribution in [0.15, 0.2) is 30.3 Å². The van der Waals surface area contributed by atoms with E-state index in [1.165, 1.54) is 0 Å². The molecule has 0 radical (unpaired) electrons. The van der Waals surface area contributed by atoms with Crippen LogP contribution in [-0.2, 0) is 9.53 Å². The highest BCUT2D eigenvalue weighted by Crippen LogP contribution is 2.27. The van der Waals surface area contributed by atoms with Crippen LogP contribution in [0.25, 0.3) is 10.9 Å². The molecule has 0 spiro atoms. The van der Waals surface area contributed by atoms with Gasteiger partial charge >= 0.3 is 5.97 Å². The van der Waals surface area contributed by atoms with Crippen molar-refractivity contribution in [1.29, 1.82) is 0 Å². The normalized spacial score (nSPS) is 16.0. The molecule has 0 N–H and O–H groups in total. The smallest absolute Gasteiger partial charge is 0.309 e. The Labute approximate surface area is 135 Å². The van der Waals surface area contributed by atoms with Crippen LogP contribution in [0.4, 0.5) is 5.82 Å². The molecule has 22 heavy (non-hydrogen) atoms. The number of piperidine rings is 1. The molecule has 0 amide bonds. The number of aromatic nitrogens is 1. The van der Waals surface area contributed by atoms with E-state index in [-0.39, 0.29) is 11.9 Å². The van der Waals surface area contributed by atoms with E-state index in [1.54, 1.807) is 0 Å². The second-order valence-electron chi connectivity index (χ2n) is 5.49. The third kappa shape index (κ3) is 3.02. The number of rotatable bonds is 3. The molecule has 2 aromatic rings. The fraction of sp³-hybridized carbons (Fsp3) is 0.412. The number of esters is 1. The van der Waals surface area contributed by atoms with Crippen molar-refractivity contribution in [1.82, 2.24) is 4.98 Å². The number of hydrogen-bond donors (Lipinski definition) is 0. The van der Waals surface area contributed by atoms with Gasteiger partial charge in [-0.15, -0.1) is 0 Å². The molecule has 0 atom stereocenters. The van der Waals surface area contributed by atoms with Gasteiger partial charge in [0.15, 0.2) is 0 Å². The van der Waals surface area contributed by atoms with E-state index in [0.717, 1.165) is 42.7 Å². The minimum atomic E-state index is -0.0725. The van der Waals surface area contributed by atoms with Crippen LogP contribution < -0.4 is 4.90 Å². The average molecular weight is 319 g/mol. The van der Waals surface area contributed by atoms with Gasteiger partial charge < -0.3 is 9.64 Å². The lowest BCUT2D eigenvalue weighted by molar-refractivity contribution is -0.148. The maximum absolute atomic E-state index is 11.8. The Morgan fingerprint density at radius 1 is 1.32 bits per heavy atom. The van der Waals surface area contributed by atoms with Gasteiger partial charge in [-0.3, -0.25) is 4.79 Å². The number of halogens is 1. The van der Waals surface area contributed by atoms with Crippen LogP contribution >= 0.6 is 11.6 Å². The van der Waals surface area contributed by atoms with Crippen LogP contribution in [0.3, 0.4) is 0 Å². The molecule has 1 aliphatic rings. The molecule has 116 valence electrons. The highest BCUT2D eigenvalue weighted by Gasteiger charge is 2.26. The highest BCUT2D eigenvalue weighted by atomic mass is 35.5.